The van der Waals surface area contributed by atoms with E-state index in [0.717, 1.165) is 37.0 Å². The second-order valence-electron chi connectivity index (χ2n) is 8.92. The Bertz CT molecular complexity index is 1150. The molecule has 0 bridgehead atoms. The molecular formula is C28H29FN2O3S. The van der Waals surface area contributed by atoms with Crippen LogP contribution in [0, 0.1) is 5.82 Å². The second-order valence-corrected chi connectivity index (χ2v) is 9.95. The number of thiophene rings is 1. The van der Waals surface area contributed by atoms with E-state index >= 15 is 0 Å². The Morgan fingerprint density at radius 2 is 1.69 bits per heavy atom. The smallest absolute Gasteiger partial charge is 0.248 e. The number of amides is 2. The Kier molecular flexibility index (Phi) is 8.08. The number of carbonyl (C=O) groups excluding carboxylic acids is 3. The summed E-state index contributed by atoms with van der Waals surface area (Å²) in [5.74, 6) is -1.05. The standard InChI is InChI=1S/C28H29FN2O3S/c1-19(32)20-11-15-24(16-12-20)31(26(33)18-25-8-5-17-35-25)27(21-9-13-22(29)14-10-21)28(34)30-23-6-3-2-4-7-23/h5,8-17,23,27H,2-4,6-7,18H2,1H3,(H,30,34)/t27-/m0/s1. The predicted octanol–water partition coefficient (Wildman–Crippen LogP) is 5.86. The fourth-order valence-corrected chi connectivity index (χ4v) is 5.23. The van der Waals surface area contributed by atoms with E-state index in [9.17, 15) is 18.8 Å². The van der Waals surface area contributed by atoms with Crippen molar-refractivity contribution in [1.82, 2.24) is 5.32 Å². The van der Waals surface area contributed by atoms with Crippen LogP contribution in [-0.2, 0) is 16.0 Å². The number of benzene rings is 2. The largest absolute Gasteiger partial charge is 0.351 e. The van der Waals surface area contributed by atoms with Crippen molar-refractivity contribution >= 4 is 34.6 Å². The zero-order valence-electron chi connectivity index (χ0n) is 19.7. The zero-order chi connectivity index (χ0) is 24.8. The number of rotatable bonds is 8. The fourth-order valence-electron chi connectivity index (χ4n) is 4.53. The SMILES string of the molecule is CC(=O)c1ccc(N(C(=O)Cc2cccs2)[C@H](C(=O)NC2CCCCC2)c2ccc(F)cc2)cc1. The lowest BCUT2D eigenvalue weighted by Crippen LogP contribution is -2.47. The Hall–Kier alpha value is -3.32. The van der Waals surface area contributed by atoms with Crippen LogP contribution in [0.2, 0.25) is 0 Å². The molecule has 1 aliphatic rings. The molecule has 0 aliphatic heterocycles. The highest BCUT2D eigenvalue weighted by atomic mass is 32.1. The summed E-state index contributed by atoms with van der Waals surface area (Å²) in [6.45, 7) is 1.48. The fraction of sp³-hybridized carbons (Fsp3) is 0.321. The van der Waals surface area contributed by atoms with Crippen molar-refractivity contribution in [2.45, 2.75) is 57.5 Å². The van der Waals surface area contributed by atoms with E-state index in [1.807, 2.05) is 17.5 Å². The van der Waals surface area contributed by atoms with Gasteiger partial charge in [-0.1, -0.05) is 37.5 Å². The molecule has 2 aromatic carbocycles. The molecule has 1 heterocycles. The number of Topliss-reactive ketones (excluding diaryl/α,β-unsaturated/α-hetero) is 1. The van der Waals surface area contributed by atoms with Crippen molar-refractivity contribution in [3.05, 3.63) is 87.9 Å². The van der Waals surface area contributed by atoms with Crippen LogP contribution in [0.5, 0.6) is 0 Å². The number of hydrogen-bond acceptors (Lipinski definition) is 4. The first kappa shape index (κ1) is 24.8. The minimum absolute atomic E-state index is 0.0496. The maximum atomic E-state index is 13.8. The third kappa shape index (κ3) is 6.22. The molecule has 2 amide bonds. The number of ketones is 1. The Morgan fingerprint density at radius 1 is 1.00 bits per heavy atom. The highest BCUT2D eigenvalue weighted by Gasteiger charge is 2.34. The number of hydrogen-bond donors (Lipinski definition) is 1. The van der Waals surface area contributed by atoms with Crippen molar-refractivity contribution < 1.29 is 18.8 Å². The molecule has 1 saturated carbocycles. The summed E-state index contributed by atoms with van der Waals surface area (Å²) >= 11 is 1.47. The normalized spacial score (nSPS) is 14.8. The average Bonchev–Trinajstić information content (AvgIpc) is 3.37. The third-order valence-corrected chi connectivity index (χ3v) is 7.25. The van der Waals surface area contributed by atoms with E-state index in [2.05, 4.69) is 5.32 Å². The summed E-state index contributed by atoms with van der Waals surface area (Å²) in [5, 5.41) is 5.05. The van der Waals surface area contributed by atoms with Gasteiger partial charge < -0.3 is 5.32 Å². The molecule has 5 nitrogen and oxygen atoms in total. The number of carbonyl (C=O) groups is 3. The highest BCUT2D eigenvalue weighted by Crippen LogP contribution is 2.31. The van der Waals surface area contributed by atoms with Crippen LogP contribution in [-0.4, -0.2) is 23.6 Å². The van der Waals surface area contributed by atoms with Gasteiger partial charge in [-0.15, -0.1) is 11.3 Å². The molecule has 35 heavy (non-hydrogen) atoms. The summed E-state index contributed by atoms with van der Waals surface area (Å²) in [6, 6.07) is 15.2. The summed E-state index contributed by atoms with van der Waals surface area (Å²) in [7, 11) is 0. The highest BCUT2D eigenvalue weighted by molar-refractivity contribution is 7.10. The lowest BCUT2D eigenvalue weighted by atomic mass is 9.94. The van der Waals surface area contributed by atoms with Crippen molar-refractivity contribution in [1.29, 1.82) is 0 Å². The number of nitrogens with one attached hydrogen (secondary N) is 1. The van der Waals surface area contributed by atoms with Crippen molar-refractivity contribution in [3.63, 3.8) is 0 Å². The van der Waals surface area contributed by atoms with Crippen LogP contribution in [0.4, 0.5) is 10.1 Å². The molecule has 0 saturated heterocycles. The van der Waals surface area contributed by atoms with Gasteiger partial charge in [0.15, 0.2) is 5.78 Å². The monoisotopic (exact) mass is 492 g/mol. The molecule has 1 aliphatic carbocycles. The maximum Gasteiger partial charge on any atom is 0.248 e. The molecule has 4 rings (SSSR count). The van der Waals surface area contributed by atoms with E-state index in [1.165, 1.54) is 35.3 Å². The van der Waals surface area contributed by atoms with Gasteiger partial charge in [0.25, 0.3) is 0 Å². The molecule has 0 radical (unpaired) electrons. The summed E-state index contributed by atoms with van der Waals surface area (Å²) in [6.07, 6.45) is 5.19. The number of nitrogens with zero attached hydrogens (tertiary/aromatic N) is 1. The minimum Gasteiger partial charge on any atom is -0.351 e. The molecule has 1 fully saturated rings. The van der Waals surface area contributed by atoms with Gasteiger partial charge in [0.1, 0.15) is 11.9 Å². The summed E-state index contributed by atoms with van der Waals surface area (Å²) < 4.78 is 13.8. The predicted molar refractivity (Wildman–Crippen MR) is 136 cm³/mol. The van der Waals surface area contributed by atoms with Gasteiger partial charge in [-0.2, -0.15) is 0 Å². The van der Waals surface area contributed by atoms with Gasteiger partial charge in [-0.05, 0) is 73.2 Å². The third-order valence-electron chi connectivity index (χ3n) is 6.37. The Morgan fingerprint density at radius 3 is 2.29 bits per heavy atom. The van der Waals surface area contributed by atoms with Crippen molar-refractivity contribution in [2.24, 2.45) is 0 Å². The zero-order valence-corrected chi connectivity index (χ0v) is 20.5. The Balaban J connectivity index is 1.75. The first-order valence-corrected chi connectivity index (χ1v) is 12.8. The molecular weight excluding hydrogens is 463 g/mol. The van der Waals surface area contributed by atoms with Crippen LogP contribution in [0.3, 0.4) is 0 Å². The molecule has 0 unspecified atom stereocenters. The number of anilines is 1. The first-order valence-electron chi connectivity index (χ1n) is 11.9. The number of halogens is 1. The van der Waals surface area contributed by atoms with E-state index in [0.29, 0.717) is 16.8 Å². The second kappa shape index (κ2) is 11.4. The molecule has 0 spiro atoms. The van der Waals surface area contributed by atoms with Crippen LogP contribution in [0.25, 0.3) is 0 Å². The van der Waals surface area contributed by atoms with Crippen molar-refractivity contribution in [3.8, 4) is 0 Å². The summed E-state index contributed by atoms with van der Waals surface area (Å²) in [5.41, 5.74) is 1.55. The van der Waals surface area contributed by atoms with E-state index in [1.54, 1.807) is 36.4 Å². The molecule has 3 aromatic rings. The van der Waals surface area contributed by atoms with Gasteiger partial charge in [-0.25, -0.2) is 4.39 Å². The van der Waals surface area contributed by atoms with Gasteiger partial charge >= 0.3 is 0 Å². The Labute approximate surface area is 209 Å². The maximum absolute atomic E-state index is 13.8. The molecule has 182 valence electrons. The molecule has 1 aromatic heterocycles. The van der Waals surface area contributed by atoms with E-state index < -0.39 is 11.9 Å². The van der Waals surface area contributed by atoms with Crippen LogP contribution in [0.15, 0.2) is 66.0 Å². The van der Waals surface area contributed by atoms with Crippen molar-refractivity contribution in [2.75, 3.05) is 4.90 Å². The quantitative estimate of drug-likeness (QED) is 0.401. The minimum atomic E-state index is -0.979. The van der Waals surface area contributed by atoms with Crippen LogP contribution < -0.4 is 10.2 Å². The summed E-state index contributed by atoms with van der Waals surface area (Å²) in [4.78, 5) is 41.6. The lowest BCUT2D eigenvalue weighted by molar-refractivity contribution is -0.127. The van der Waals surface area contributed by atoms with Crippen LogP contribution in [0.1, 0.15) is 65.9 Å². The first-order chi connectivity index (χ1) is 16.9. The van der Waals surface area contributed by atoms with E-state index in [4.69, 9.17) is 0 Å². The van der Waals surface area contributed by atoms with Gasteiger partial charge in [0.2, 0.25) is 11.8 Å². The lowest BCUT2D eigenvalue weighted by Gasteiger charge is -2.33. The molecule has 1 atom stereocenters. The van der Waals surface area contributed by atoms with Crippen LogP contribution >= 0.6 is 11.3 Å². The van der Waals surface area contributed by atoms with Gasteiger partial charge in [-0.3, -0.25) is 19.3 Å². The molecule has 1 N–H and O–H groups in total. The average molecular weight is 493 g/mol. The topological polar surface area (TPSA) is 66.5 Å². The van der Waals surface area contributed by atoms with Gasteiger partial charge in [0, 0.05) is 22.2 Å². The van der Waals surface area contributed by atoms with E-state index in [-0.39, 0.29) is 30.1 Å². The van der Waals surface area contributed by atoms with Gasteiger partial charge in [0.05, 0.1) is 6.42 Å². The molecule has 7 heteroatoms.